The summed E-state index contributed by atoms with van der Waals surface area (Å²) in [5.74, 6) is 1.31. The van der Waals surface area contributed by atoms with Crippen LogP contribution in [0.5, 0.6) is 0 Å². The van der Waals surface area contributed by atoms with Gasteiger partial charge in [0.1, 0.15) is 0 Å². The second-order valence-corrected chi connectivity index (χ2v) is 4.93. The van der Waals surface area contributed by atoms with Gasteiger partial charge in [-0.3, -0.25) is 4.79 Å². The average Bonchev–Trinajstić information content (AvgIpc) is 2.51. The van der Waals surface area contributed by atoms with Crippen LogP contribution >= 0.6 is 11.8 Å². The summed E-state index contributed by atoms with van der Waals surface area (Å²) in [7, 11) is 1.68. The van der Waals surface area contributed by atoms with Gasteiger partial charge in [-0.25, -0.2) is 0 Å². The first-order valence-corrected chi connectivity index (χ1v) is 5.83. The predicted octanol–water partition coefficient (Wildman–Crippen LogP) is 0.606. The molecule has 1 heterocycles. The maximum absolute atomic E-state index is 10.9. The van der Waals surface area contributed by atoms with E-state index in [4.69, 9.17) is 0 Å². The highest BCUT2D eigenvalue weighted by Crippen LogP contribution is 2.25. The molecule has 0 aromatic carbocycles. The van der Waals surface area contributed by atoms with E-state index in [-0.39, 0.29) is 5.91 Å². The second kappa shape index (κ2) is 5.50. The highest BCUT2D eigenvalue weighted by molar-refractivity contribution is 8.00. The fraction of sp³-hybridized carbons (Fsp3) is 0.889. The van der Waals surface area contributed by atoms with Crippen molar-refractivity contribution in [3.63, 3.8) is 0 Å². The van der Waals surface area contributed by atoms with Gasteiger partial charge in [0.15, 0.2) is 0 Å². The van der Waals surface area contributed by atoms with Gasteiger partial charge in [0.2, 0.25) is 5.91 Å². The Hall–Kier alpha value is -0.220. The Morgan fingerprint density at radius 1 is 1.62 bits per heavy atom. The standard InChI is InChI=1S/C9H18N2OS/c1-7-5-8(6-13-7)11-4-3-9(12)10-2/h7-8,11H,3-6H2,1-2H3,(H,10,12). The molecule has 1 amide bonds. The van der Waals surface area contributed by atoms with Crippen LogP contribution in [0.3, 0.4) is 0 Å². The number of nitrogens with one attached hydrogen (secondary N) is 2. The molecule has 1 fully saturated rings. The zero-order valence-electron chi connectivity index (χ0n) is 8.30. The van der Waals surface area contributed by atoms with Gasteiger partial charge in [0, 0.05) is 37.1 Å². The Morgan fingerprint density at radius 3 is 2.92 bits per heavy atom. The van der Waals surface area contributed by atoms with Crippen molar-refractivity contribution in [1.82, 2.24) is 10.6 Å². The minimum absolute atomic E-state index is 0.117. The lowest BCUT2D eigenvalue weighted by Gasteiger charge is -2.10. The van der Waals surface area contributed by atoms with Crippen LogP contribution < -0.4 is 10.6 Å². The average molecular weight is 202 g/mol. The zero-order valence-corrected chi connectivity index (χ0v) is 9.12. The fourth-order valence-corrected chi connectivity index (χ4v) is 2.66. The van der Waals surface area contributed by atoms with Crippen LogP contribution in [0.2, 0.25) is 0 Å². The molecule has 4 heteroatoms. The van der Waals surface area contributed by atoms with Gasteiger partial charge < -0.3 is 10.6 Å². The van der Waals surface area contributed by atoms with E-state index in [0.717, 1.165) is 11.8 Å². The summed E-state index contributed by atoms with van der Waals surface area (Å²) >= 11 is 2.01. The first kappa shape index (κ1) is 10.9. The molecule has 2 atom stereocenters. The molecule has 0 saturated carbocycles. The van der Waals surface area contributed by atoms with Crippen molar-refractivity contribution in [2.75, 3.05) is 19.3 Å². The lowest BCUT2D eigenvalue weighted by Crippen LogP contribution is -2.32. The minimum atomic E-state index is 0.117. The van der Waals surface area contributed by atoms with Crippen LogP contribution in [0, 0.1) is 0 Å². The molecule has 13 heavy (non-hydrogen) atoms. The first-order valence-electron chi connectivity index (χ1n) is 4.78. The van der Waals surface area contributed by atoms with Crippen molar-refractivity contribution in [2.45, 2.75) is 31.1 Å². The van der Waals surface area contributed by atoms with Crippen molar-refractivity contribution < 1.29 is 4.79 Å². The number of rotatable bonds is 4. The summed E-state index contributed by atoms with van der Waals surface area (Å²) < 4.78 is 0. The molecule has 0 bridgehead atoms. The molecule has 0 aliphatic carbocycles. The van der Waals surface area contributed by atoms with Gasteiger partial charge in [0.05, 0.1) is 0 Å². The Balaban J connectivity index is 2.03. The van der Waals surface area contributed by atoms with Gasteiger partial charge in [0.25, 0.3) is 0 Å². The monoisotopic (exact) mass is 202 g/mol. The first-order chi connectivity index (χ1) is 6.22. The van der Waals surface area contributed by atoms with Gasteiger partial charge in [-0.05, 0) is 6.42 Å². The van der Waals surface area contributed by atoms with E-state index in [1.807, 2.05) is 11.8 Å². The maximum Gasteiger partial charge on any atom is 0.221 e. The van der Waals surface area contributed by atoms with Gasteiger partial charge >= 0.3 is 0 Å². The topological polar surface area (TPSA) is 41.1 Å². The fourth-order valence-electron chi connectivity index (χ4n) is 1.47. The van der Waals surface area contributed by atoms with E-state index in [2.05, 4.69) is 17.6 Å². The maximum atomic E-state index is 10.9. The molecule has 2 N–H and O–H groups in total. The summed E-state index contributed by atoms with van der Waals surface area (Å²) in [6, 6.07) is 0.615. The number of hydrogen-bond acceptors (Lipinski definition) is 3. The number of thioether (sulfide) groups is 1. The van der Waals surface area contributed by atoms with E-state index in [9.17, 15) is 4.79 Å². The summed E-state index contributed by atoms with van der Waals surface area (Å²) in [4.78, 5) is 10.9. The number of hydrogen-bond donors (Lipinski definition) is 2. The van der Waals surface area contributed by atoms with E-state index in [1.54, 1.807) is 7.05 Å². The van der Waals surface area contributed by atoms with Crippen LogP contribution in [-0.2, 0) is 4.79 Å². The number of amides is 1. The number of carbonyl (C=O) groups excluding carboxylic acids is 1. The van der Waals surface area contributed by atoms with Crippen LogP contribution in [0.4, 0.5) is 0 Å². The molecule has 2 unspecified atom stereocenters. The van der Waals surface area contributed by atoms with E-state index >= 15 is 0 Å². The van der Waals surface area contributed by atoms with Gasteiger partial charge in [-0.15, -0.1) is 0 Å². The largest absolute Gasteiger partial charge is 0.359 e. The van der Waals surface area contributed by atoms with Crippen LogP contribution in [0.15, 0.2) is 0 Å². The van der Waals surface area contributed by atoms with Crippen molar-refractivity contribution in [1.29, 1.82) is 0 Å². The molecule has 1 rings (SSSR count). The van der Waals surface area contributed by atoms with Crippen LogP contribution in [0.1, 0.15) is 19.8 Å². The number of carbonyl (C=O) groups is 1. The normalized spacial score (nSPS) is 27.5. The summed E-state index contributed by atoms with van der Waals surface area (Å²) in [5, 5.41) is 6.79. The predicted molar refractivity (Wildman–Crippen MR) is 57.0 cm³/mol. The third kappa shape index (κ3) is 4.00. The molecule has 0 spiro atoms. The van der Waals surface area contributed by atoms with Crippen molar-refractivity contribution >= 4 is 17.7 Å². The lowest BCUT2D eigenvalue weighted by molar-refractivity contribution is -0.120. The minimum Gasteiger partial charge on any atom is -0.359 e. The second-order valence-electron chi connectivity index (χ2n) is 3.45. The molecular weight excluding hydrogens is 184 g/mol. The van der Waals surface area contributed by atoms with Crippen molar-refractivity contribution in [3.8, 4) is 0 Å². The smallest absolute Gasteiger partial charge is 0.221 e. The van der Waals surface area contributed by atoms with E-state index in [0.29, 0.717) is 12.5 Å². The molecule has 1 aliphatic rings. The summed E-state index contributed by atoms with van der Waals surface area (Å²) in [6.07, 6.45) is 1.82. The summed E-state index contributed by atoms with van der Waals surface area (Å²) in [5.41, 5.74) is 0. The highest BCUT2D eigenvalue weighted by Gasteiger charge is 2.20. The van der Waals surface area contributed by atoms with Crippen molar-refractivity contribution in [2.24, 2.45) is 0 Å². The Labute approximate surface area is 84.0 Å². The molecule has 0 aromatic heterocycles. The zero-order chi connectivity index (χ0) is 9.68. The third-order valence-electron chi connectivity index (χ3n) is 2.26. The molecular formula is C9H18N2OS. The molecule has 0 radical (unpaired) electrons. The molecule has 1 saturated heterocycles. The molecule has 76 valence electrons. The lowest BCUT2D eigenvalue weighted by atomic mass is 10.2. The molecule has 3 nitrogen and oxygen atoms in total. The van der Waals surface area contributed by atoms with Crippen LogP contribution in [-0.4, -0.2) is 36.5 Å². The third-order valence-corrected chi connectivity index (χ3v) is 3.62. The summed E-state index contributed by atoms with van der Waals surface area (Å²) in [6.45, 7) is 3.06. The Bertz CT molecular complexity index is 175. The van der Waals surface area contributed by atoms with E-state index < -0.39 is 0 Å². The quantitative estimate of drug-likeness (QED) is 0.701. The molecule has 1 aliphatic heterocycles. The SMILES string of the molecule is CNC(=O)CCNC1CSC(C)C1. The Kier molecular flexibility index (Phi) is 4.59. The highest BCUT2D eigenvalue weighted by atomic mass is 32.2. The van der Waals surface area contributed by atoms with Gasteiger partial charge in [-0.1, -0.05) is 6.92 Å². The van der Waals surface area contributed by atoms with E-state index in [1.165, 1.54) is 12.2 Å². The van der Waals surface area contributed by atoms with Gasteiger partial charge in [-0.2, -0.15) is 11.8 Å². The van der Waals surface area contributed by atoms with Crippen molar-refractivity contribution in [3.05, 3.63) is 0 Å². The van der Waals surface area contributed by atoms with Crippen LogP contribution in [0.25, 0.3) is 0 Å². The Morgan fingerprint density at radius 2 is 2.38 bits per heavy atom. The molecule has 0 aromatic rings.